The lowest BCUT2D eigenvalue weighted by Gasteiger charge is -2.16. The van der Waals surface area contributed by atoms with Gasteiger partial charge in [-0.15, -0.1) is 0 Å². The highest BCUT2D eigenvalue weighted by atomic mass is 33.1. The minimum Gasteiger partial charge on any atom is -0.289 e. The van der Waals surface area contributed by atoms with Gasteiger partial charge in [-0.2, -0.15) is 0 Å². The van der Waals surface area contributed by atoms with Gasteiger partial charge in [0.15, 0.2) is 17.3 Å². The number of Topliss-reactive ketones (excluding diaryl/α,β-unsaturated/α-hetero) is 2. The van der Waals surface area contributed by atoms with Crippen molar-refractivity contribution in [3.8, 4) is 0 Å². The molecule has 0 amide bonds. The number of carbonyl (C=O) groups is 4. The summed E-state index contributed by atoms with van der Waals surface area (Å²) >= 11 is 0. The second-order valence-electron chi connectivity index (χ2n) is 7.24. The van der Waals surface area contributed by atoms with E-state index in [2.05, 4.69) is 0 Å². The Morgan fingerprint density at radius 3 is 1.81 bits per heavy atom. The van der Waals surface area contributed by atoms with Gasteiger partial charge in [0.25, 0.3) is 0 Å². The van der Waals surface area contributed by atoms with E-state index in [1.165, 1.54) is 33.7 Å². The van der Waals surface area contributed by atoms with E-state index < -0.39 is 0 Å². The SMILES string of the molecule is O=C1C=C(SSc2cccc(C3=CC(=O)c4ccccc4C3=O)c2)C(=O)c2ccccc21. The first kappa shape index (κ1) is 20.4. The van der Waals surface area contributed by atoms with Crippen LogP contribution in [0.15, 0.2) is 94.7 Å². The molecule has 0 heterocycles. The Kier molecular flexibility index (Phi) is 5.25. The molecule has 0 saturated carbocycles. The van der Waals surface area contributed by atoms with E-state index in [1.54, 1.807) is 60.7 Å². The Morgan fingerprint density at radius 1 is 0.531 bits per heavy atom. The molecule has 5 rings (SSSR count). The fourth-order valence-electron chi connectivity index (χ4n) is 3.69. The Hall–Kier alpha value is -3.48. The lowest BCUT2D eigenvalue weighted by atomic mass is 9.86. The van der Waals surface area contributed by atoms with Gasteiger partial charge in [-0.3, -0.25) is 19.2 Å². The average Bonchev–Trinajstić information content (AvgIpc) is 2.83. The van der Waals surface area contributed by atoms with Crippen molar-refractivity contribution in [3.63, 3.8) is 0 Å². The molecule has 4 nitrogen and oxygen atoms in total. The highest BCUT2D eigenvalue weighted by molar-refractivity contribution is 8.78. The summed E-state index contributed by atoms with van der Waals surface area (Å²) in [7, 11) is 2.53. The number of ketones is 4. The summed E-state index contributed by atoms with van der Waals surface area (Å²) in [6.07, 6.45) is 2.75. The van der Waals surface area contributed by atoms with Crippen LogP contribution >= 0.6 is 21.6 Å². The minimum atomic E-state index is -0.197. The van der Waals surface area contributed by atoms with Crippen LogP contribution in [-0.2, 0) is 0 Å². The molecule has 0 fully saturated rings. The number of hydrogen-bond donors (Lipinski definition) is 0. The maximum absolute atomic E-state index is 13.0. The molecule has 3 aromatic rings. The van der Waals surface area contributed by atoms with Gasteiger partial charge in [-0.05, 0) is 34.6 Å². The average molecular weight is 455 g/mol. The zero-order chi connectivity index (χ0) is 22.2. The summed E-state index contributed by atoms with van der Waals surface area (Å²) in [5.74, 6) is -0.756. The van der Waals surface area contributed by atoms with Crippen molar-refractivity contribution in [2.45, 2.75) is 4.90 Å². The molecule has 32 heavy (non-hydrogen) atoms. The molecule has 0 spiro atoms. The first-order valence-electron chi connectivity index (χ1n) is 9.77. The van der Waals surface area contributed by atoms with Crippen molar-refractivity contribution in [3.05, 3.63) is 118 Å². The number of carbonyl (C=O) groups excluding carboxylic acids is 4. The Balaban J connectivity index is 1.38. The lowest BCUT2D eigenvalue weighted by molar-refractivity contribution is 0.0991. The summed E-state index contributed by atoms with van der Waals surface area (Å²) in [4.78, 5) is 51.7. The molecule has 154 valence electrons. The molecule has 0 radical (unpaired) electrons. The van der Waals surface area contributed by atoms with Crippen molar-refractivity contribution >= 4 is 50.3 Å². The molecule has 0 aliphatic heterocycles. The van der Waals surface area contributed by atoms with E-state index in [0.717, 1.165) is 4.90 Å². The molecule has 2 aliphatic carbocycles. The van der Waals surface area contributed by atoms with E-state index in [1.807, 2.05) is 12.1 Å². The summed E-state index contributed by atoms with van der Waals surface area (Å²) < 4.78 is 0. The molecule has 6 heteroatoms. The van der Waals surface area contributed by atoms with E-state index in [4.69, 9.17) is 0 Å². The van der Waals surface area contributed by atoms with Crippen molar-refractivity contribution in [2.75, 3.05) is 0 Å². The maximum Gasteiger partial charge on any atom is 0.201 e. The van der Waals surface area contributed by atoms with Gasteiger partial charge in [0.1, 0.15) is 0 Å². The molecular weight excluding hydrogens is 440 g/mol. The van der Waals surface area contributed by atoms with Gasteiger partial charge >= 0.3 is 0 Å². The van der Waals surface area contributed by atoms with Crippen LogP contribution in [0.25, 0.3) is 5.57 Å². The zero-order valence-electron chi connectivity index (χ0n) is 16.5. The van der Waals surface area contributed by atoms with Gasteiger partial charge in [0.2, 0.25) is 5.78 Å². The number of fused-ring (bicyclic) bond motifs is 2. The van der Waals surface area contributed by atoms with Crippen LogP contribution in [0, 0.1) is 0 Å². The lowest BCUT2D eigenvalue weighted by Crippen LogP contribution is -2.16. The van der Waals surface area contributed by atoms with E-state index in [9.17, 15) is 19.2 Å². The van der Waals surface area contributed by atoms with Crippen LogP contribution in [0.1, 0.15) is 47.0 Å². The van der Waals surface area contributed by atoms with Crippen molar-refractivity contribution in [1.82, 2.24) is 0 Å². The highest BCUT2D eigenvalue weighted by Gasteiger charge is 2.27. The Labute approximate surface area is 191 Å². The van der Waals surface area contributed by atoms with E-state index >= 15 is 0 Å². The largest absolute Gasteiger partial charge is 0.289 e. The second kappa shape index (κ2) is 8.22. The topological polar surface area (TPSA) is 68.3 Å². The Bertz CT molecular complexity index is 1400. The van der Waals surface area contributed by atoms with Crippen LogP contribution in [0.5, 0.6) is 0 Å². The van der Waals surface area contributed by atoms with Crippen LogP contribution in [0.2, 0.25) is 0 Å². The molecule has 0 N–H and O–H groups in total. The third-order valence-electron chi connectivity index (χ3n) is 5.25. The van der Waals surface area contributed by atoms with Gasteiger partial charge in [-0.1, -0.05) is 71.5 Å². The predicted molar refractivity (Wildman–Crippen MR) is 126 cm³/mol. The predicted octanol–water partition coefficient (Wildman–Crippen LogP) is 5.85. The van der Waals surface area contributed by atoms with Crippen LogP contribution < -0.4 is 0 Å². The summed E-state index contributed by atoms with van der Waals surface area (Å²) in [6.45, 7) is 0. The fraction of sp³-hybridized carbons (Fsp3) is 0. The molecular formula is C26H14O4S2. The maximum atomic E-state index is 13.0. The monoisotopic (exact) mass is 454 g/mol. The Morgan fingerprint density at radius 2 is 1.12 bits per heavy atom. The smallest absolute Gasteiger partial charge is 0.201 e. The van der Waals surface area contributed by atoms with Crippen LogP contribution in [-0.4, -0.2) is 23.1 Å². The molecule has 3 aromatic carbocycles. The number of allylic oxidation sites excluding steroid dienone is 4. The third kappa shape index (κ3) is 3.57. The first-order valence-corrected chi connectivity index (χ1v) is 11.9. The number of hydrogen-bond acceptors (Lipinski definition) is 6. The number of benzene rings is 3. The standard InChI is InChI=1S/C26H14O4S2/c27-22-13-21(25(29)19-10-3-1-8-17(19)22)15-6-5-7-16(12-15)31-32-24-14-23(28)18-9-2-4-11-20(18)26(24)30/h1-14H. The minimum absolute atomic E-state index is 0.179. The van der Waals surface area contributed by atoms with Crippen molar-refractivity contribution in [2.24, 2.45) is 0 Å². The molecule has 0 bridgehead atoms. The van der Waals surface area contributed by atoms with E-state index in [0.29, 0.717) is 38.3 Å². The molecule has 0 atom stereocenters. The molecule has 0 unspecified atom stereocenters. The quantitative estimate of drug-likeness (QED) is 0.461. The van der Waals surface area contributed by atoms with Crippen LogP contribution in [0.3, 0.4) is 0 Å². The highest BCUT2D eigenvalue weighted by Crippen LogP contribution is 2.41. The van der Waals surface area contributed by atoms with E-state index in [-0.39, 0.29) is 23.1 Å². The summed E-state index contributed by atoms with van der Waals surface area (Å²) in [5, 5.41) is 0. The second-order valence-corrected chi connectivity index (χ2v) is 9.48. The normalized spacial score (nSPS) is 15.1. The first-order chi connectivity index (χ1) is 15.5. The fourth-order valence-corrected chi connectivity index (χ4v) is 5.77. The van der Waals surface area contributed by atoms with Gasteiger partial charge in [0.05, 0.1) is 4.91 Å². The van der Waals surface area contributed by atoms with Crippen LogP contribution in [0.4, 0.5) is 0 Å². The molecule has 0 saturated heterocycles. The van der Waals surface area contributed by atoms with Crippen molar-refractivity contribution < 1.29 is 19.2 Å². The summed E-state index contributed by atoms with van der Waals surface area (Å²) in [6, 6.07) is 20.8. The summed E-state index contributed by atoms with van der Waals surface area (Å²) in [5.41, 5.74) is 2.62. The van der Waals surface area contributed by atoms with Gasteiger partial charge in [-0.25, -0.2) is 0 Å². The third-order valence-corrected chi connectivity index (χ3v) is 7.63. The molecule has 2 aliphatic rings. The molecule has 0 aromatic heterocycles. The van der Waals surface area contributed by atoms with Crippen molar-refractivity contribution in [1.29, 1.82) is 0 Å². The van der Waals surface area contributed by atoms with Gasteiger partial charge in [0, 0.05) is 38.8 Å². The number of rotatable bonds is 4. The van der Waals surface area contributed by atoms with Gasteiger partial charge < -0.3 is 0 Å². The zero-order valence-corrected chi connectivity index (χ0v) is 18.2.